The maximum atomic E-state index is 13.3. The average molecular weight is 528 g/mol. The highest BCUT2D eigenvalue weighted by molar-refractivity contribution is 9.10. The van der Waals surface area contributed by atoms with E-state index in [1.165, 1.54) is 6.92 Å². The summed E-state index contributed by atoms with van der Waals surface area (Å²) >= 11 is 9.39. The molecule has 4 rings (SSSR count). The Balaban J connectivity index is 1.53. The fraction of sp³-hybridized carbons (Fsp3) is 0.381. The summed E-state index contributed by atoms with van der Waals surface area (Å²) in [5, 5.41) is 2.40. The molecule has 166 valence electrons. The SMILES string of the molecule is CC(=O)N1c2c(cc(Br)cc2S(=O)(=O)NN2CCN(c3ccc(Cl)cc3)CC2)CC1C. The van der Waals surface area contributed by atoms with Crippen LogP contribution in [0.4, 0.5) is 11.4 Å². The lowest BCUT2D eigenvalue weighted by molar-refractivity contribution is -0.116. The number of hydrazine groups is 1. The van der Waals surface area contributed by atoms with Gasteiger partial charge in [-0.05, 0) is 55.3 Å². The van der Waals surface area contributed by atoms with E-state index < -0.39 is 10.0 Å². The highest BCUT2D eigenvalue weighted by Gasteiger charge is 2.36. The van der Waals surface area contributed by atoms with Gasteiger partial charge in [0.05, 0.1) is 5.69 Å². The molecule has 0 saturated carbocycles. The van der Waals surface area contributed by atoms with Crippen LogP contribution in [0.2, 0.25) is 5.02 Å². The molecule has 0 radical (unpaired) electrons. The smallest absolute Gasteiger partial charge is 0.255 e. The van der Waals surface area contributed by atoms with Crippen LogP contribution in [-0.2, 0) is 21.2 Å². The molecule has 0 spiro atoms. The average Bonchev–Trinajstić information content (AvgIpc) is 3.03. The summed E-state index contributed by atoms with van der Waals surface area (Å²) in [7, 11) is -3.87. The van der Waals surface area contributed by atoms with Gasteiger partial charge in [0.1, 0.15) is 4.90 Å². The Morgan fingerprint density at radius 2 is 1.77 bits per heavy atom. The molecule has 2 aliphatic rings. The molecule has 7 nitrogen and oxygen atoms in total. The number of nitrogens with zero attached hydrogens (tertiary/aromatic N) is 3. The number of nitrogens with one attached hydrogen (secondary N) is 1. The van der Waals surface area contributed by atoms with Crippen LogP contribution in [0, 0.1) is 0 Å². The van der Waals surface area contributed by atoms with E-state index in [4.69, 9.17) is 11.6 Å². The van der Waals surface area contributed by atoms with Crippen molar-refractivity contribution in [1.29, 1.82) is 0 Å². The Kier molecular flexibility index (Phi) is 6.33. The minimum Gasteiger partial charge on any atom is -0.369 e. The Labute approximate surface area is 196 Å². The van der Waals surface area contributed by atoms with Gasteiger partial charge in [-0.2, -0.15) is 0 Å². The molecule has 0 aromatic heterocycles. The lowest BCUT2D eigenvalue weighted by Crippen LogP contribution is -2.53. The van der Waals surface area contributed by atoms with E-state index in [1.807, 2.05) is 37.3 Å². The summed E-state index contributed by atoms with van der Waals surface area (Å²) < 4.78 is 27.4. The predicted molar refractivity (Wildman–Crippen MR) is 126 cm³/mol. The van der Waals surface area contributed by atoms with Crippen molar-refractivity contribution in [1.82, 2.24) is 9.84 Å². The number of carbonyl (C=O) groups excluding carboxylic acids is 1. The summed E-state index contributed by atoms with van der Waals surface area (Å²) in [5.74, 6) is -0.165. The number of rotatable bonds is 4. The fourth-order valence-corrected chi connectivity index (χ4v) is 6.46. The number of carbonyl (C=O) groups is 1. The van der Waals surface area contributed by atoms with Crippen molar-refractivity contribution in [3.63, 3.8) is 0 Å². The molecule has 2 aromatic carbocycles. The third-order valence-corrected chi connectivity index (χ3v) is 7.76. The number of hydrogen-bond acceptors (Lipinski definition) is 5. The summed E-state index contributed by atoms with van der Waals surface area (Å²) in [6, 6.07) is 11.0. The minimum absolute atomic E-state index is 0.0846. The van der Waals surface area contributed by atoms with Crippen molar-refractivity contribution >= 4 is 54.8 Å². The summed E-state index contributed by atoms with van der Waals surface area (Å²) in [6.45, 7) is 5.81. The first kappa shape index (κ1) is 22.5. The molecule has 0 aliphatic carbocycles. The number of benzene rings is 2. The van der Waals surface area contributed by atoms with Crippen LogP contribution in [0.3, 0.4) is 0 Å². The second kappa shape index (κ2) is 8.71. The second-order valence-electron chi connectivity index (χ2n) is 7.90. The lowest BCUT2D eigenvalue weighted by atomic mass is 10.1. The number of anilines is 2. The van der Waals surface area contributed by atoms with Crippen LogP contribution >= 0.6 is 27.5 Å². The highest BCUT2D eigenvalue weighted by atomic mass is 79.9. The van der Waals surface area contributed by atoms with Crippen molar-refractivity contribution in [2.45, 2.75) is 31.2 Å². The van der Waals surface area contributed by atoms with Gasteiger partial charge in [-0.3, -0.25) is 4.79 Å². The van der Waals surface area contributed by atoms with Gasteiger partial charge in [-0.1, -0.05) is 27.5 Å². The number of hydrogen-bond donors (Lipinski definition) is 1. The van der Waals surface area contributed by atoms with Crippen molar-refractivity contribution in [2.24, 2.45) is 0 Å². The molecule has 1 N–H and O–H groups in total. The molecule has 0 bridgehead atoms. The first-order valence-corrected chi connectivity index (χ1v) is 12.7. The van der Waals surface area contributed by atoms with Crippen molar-refractivity contribution in [2.75, 3.05) is 36.0 Å². The Morgan fingerprint density at radius 3 is 2.39 bits per heavy atom. The zero-order chi connectivity index (χ0) is 22.3. The van der Waals surface area contributed by atoms with Crippen LogP contribution < -0.4 is 14.6 Å². The predicted octanol–water partition coefficient (Wildman–Crippen LogP) is 3.42. The van der Waals surface area contributed by atoms with E-state index in [1.54, 1.807) is 16.0 Å². The molecule has 10 heteroatoms. The molecule has 1 atom stereocenters. The first-order valence-electron chi connectivity index (χ1n) is 10.1. The minimum atomic E-state index is -3.87. The highest BCUT2D eigenvalue weighted by Crippen LogP contribution is 2.40. The van der Waals surface area contributed by atoms with Crippen molar-refractivity contribution in [3.05, 3.63) is 51.5 Å². The Hall–Kier alpha value is -1.65. The van der Waals surface area contributed by atoms with Gasteiger partial charge in [0, 0.05) is 54.3 Å². The number of sulfonamides is 1. The second-order valence-corrected chi connectivity index (χ2v) is 10.9. The van der Waals surface area contributed by atoms with Crippen LogP contribution in [0.1, 0.15) is 19.4 Å². The van der Waals surface area contributed by atoms with Crippen molar-refractivity contribution in [3.8, 4) is 0 Å². The molecule has 2 aromatic rings. The van der Waals surface area contributed by atoms with E-state index in [2.05, 4.69) is 25.7 Å². The number of halogens is 2. The van der Waals surface area contributed by atoms with Gasteiger partial charge in [0.15, 0.2) is 0 Å². The third-order valence-electron chi connectivity index (χ3n) is 5.67. The van der Waals surface area contributed by atoms with Crippen LogP contribution in [0.5, 0.6) is 0 Å². The molecule has 31 heavy (non-hydrogen) atoms. The van der Waals surface area contributed by atoms with Crippen LogP contribution in [0.15, 0.2) is 45.8 Å². The fourth-order valence-electron chi connectivity index (χ4n) is 4.29. The van der Waals surface area contributed by atoms with Gasteiger partial charge in [-0.25, -0.2) is 13.4 Å². The number of piperazine rings is 1. The normalized spacial score (nSPS) is 19.5. The van der Waals surface area contributed by atoms with Gasteiger partial charge < -0.3 is 9.80 Å². The molecule has 1 saturated heterocycles. The standard InChI is InChI=1S/C21H24BrClN4O3S/c1-14-11-16-12-17(22)13-20(21(16)27(14)15(2)28)31(29,30)24-26-9-7-25(8-10-26)19-5-3-18(23)4-6-19/h3-6,12-14,24H,7-11H2,1-2H3. The maximum absolute atomic E-state index is 13.3. The van der Waals surface area contributed by atoms with Gasteiger partial charge in [0.25, 0.3) is 10.0 Å². The molecular formula is C21H24BrClN4O3S. The zero-order valence-corrected chi connectivity index (χ0v) is 20.5. The molecule has 2 heterocycles. The van der Waals surface area contributed by atoms with E-state index in [0.29, 0.717) is 47.8 Å². The lowest BCUT2D eigenvalue weighted by Gasteiger charge is -2.36. The first-order chi connectivity index (χ1) is 14.7. The molecular weight excluding hydrogens is 504 g/mol. The summed E-state index contributed by atoms with van der Waals surface area (Å²) in [4.78, 5) is 18.9. The topological polar surface area (TPSA) is 73.0 Å². The summed E-state index contributed by atoms with van der Waals surface area (Å²) in [5.41, 5.74) is 2.39. The molecule has 1 fully saturated rings. The molecule has 1 amide bonds. The largest absolute Gasteiger partial charge is 0.369 e. The van der Waals surface area contributed by atoms with E-state index in [9.17, 15) is 13.2 Å². The monoisotopic (exact) mass is 526 g/mol. The van der Waals surface area contributed by atoms with E-state index >= 15 is 0 Å². The number of fused-ring (bicyclic) bond motifs is 1. The third kappa shape index (κ3) is 4.61. The van der Waals surface area contributed by atoms with E-state index in [0.717, 1.165) is 11.3 Å². The number of amides is 1. The summed E-state index contributed by atoms with van der Waals surface area (Å²) in [6.07, 6.45) is 0.622. The van der Waals surface area contributed by atoms with Crippen LogP contribution in [-0.4, -0.2) is 51.6 Å². The molecule has 2 aliphatic heterocycles. The van der Waals surface area contributed by atoms with Crippen molar-refractivity contribution < 1.29 is 13.2 Å². The Morgan fingerprint density at radius 1 is 1.13 bits per heavy atom. The van der Waals surface area contributed by atoms with Gasteiger partial charge >= 0.3 is 0 Å². The van der Waals surface area contributed by atoms with Gasteiger partial charge in [0.2, 0.25) is 5.91 Å². The maximum Gasteiger partial charge on any atom is 0.255 e. The zero-order valence-electron chi connectivity index (χ0n) is 17.3. The van der Waals surface area contributed by atoms with Crippen LogP contribution in [0.25, 0.3) is 0 Å². The molecule has 1 unspecified atom stereocenters. The van der Waals surface area contributed by atoms with Gasteiger partial charge in [-0.15, -0.1) is 4.83 Å². The quantitative estimate of drug-likeness (QED) is 0.660. The van der Waals surface area contributed by atoms with E-state index in [-0.39, 0.29) is 16.8 Å². The Bertz CT molecular complexity index is 1100.